The van der Waals surface area contributed by atoms with E-state index >= 15 is 0 Å². The molecule has 20 heavy (non-hydrogen) atoms. The SMILES string of the molecule is Cc1cc(NC(=O)c2ccc(C=O)cc2)ccc1CN. The van der Waals surface area contributed by atoms with E-state index in [0.29, 0.717) is 17.7 Å². The Morgan fingerprint density at radius 1 is 1.20 bits per heavy atom. The molecule has 0 atom stereocenters. The van der Waals surface area contributed by atoms with Gasteiger partial charge in [-0.2, -0.15) is 0 Å². The van der Waals surface area contributed by atoms with Crippen LogP contribution in [0.3, 0.4) is 0 Å². The van der Waals surface area contributed by atoms with Gasteiger partial charge in [0.05, 0.1) is 0 Å². The molecule has 2 aromatic carbocycles. The van der Waals surface area contributed by atoms with E-state index in [-0.39, 0.29) is 5.91 Å². The highest BCUT2D eigenvalue weighted by Crippen LogP contribution is 2.16. The van der Waals surface area contributed by atoms with Gasteiger partial charge in [-0.05, 0) is 42.3 Å². The minimum absolute atomic E-state index is 0.206. The van der Waals surface area contributed by atoms with E-state index in [1.54, 1.807) is 24.3 Å². The van der Waals surface area contributed by atoms with Gasteiger partial charge in [-0.1, -0.05) is 18.2 Å². The Hall–Kier alpha value is -2.46. The first-order valence-electron chi connectivity index (χ1n) is 6.30. The lowest BCUT2D eigenvalue weighted by atomic mass is 10.1. The maximum absolute atomic E-state index is 12.1. The lowest BCUT2D eigenvalue weighted by Crippen LogP contribution is -2.12. The second-order valence-corrected chi connectivity index (χ2v) is 4.54. The first-order valence-corrected chi connectivity index (χ1v) is 6.30. The molecule has 0 saturated carbocycles. The molecule has 0 aliphatic heterocycles. The molecule has 0 bridgehead atoms. The number of nitrogens with two attached hydrogens (primary N) is 1. The van der Waals surface area contributed by atoms with Crippen molar-refractivity contribution in [2.24, 2.45) is 5.73 Å². The zero-order valence-electron chi connectivity index (χ0n) is 11.2. The Balaban J connectivity index is 2.14. The summed E-state index contributed by atoms with van der Waals surface area (Å²) in [4.78, 5) is 22.6. The lowest BCUT2D eigenvalue weighted by molar-refractivity contribution is 0.102. The van der Waals surface area contributed by atoms with Crippen molar-refractivity contribution in [1.82, 2.24) is 0 Å². The molecule has 0 radical (unpaired) electrons. The summed E-state index contributed by atoms with van der Waals surface area (Å²) in [6.45, 7) is 2.43. The number of aryl methyl sites for hydroxylation is 1. The fraction of sp³-hybridized carbons (Fsp3) is 0.125. The Morgan fingerprint density at radius 2 is 1.90 bits per heavy atom. The van der Waals surface area contributed by atoms with Gasteiger partial charge in [0.25, 0.3) is 5.91 Å². The van der Waals surface area contributed by atoms with Crippen LogP contribution in [0.5, 0.6) is 0 Å². The highest BCUT2D eigenvalue weighted by Gasteiger charge is 2.07. The molecular weight excluding hydrogens is 252 g/mol. The molecule has 2 aromatic rings. The molecule has 0 saturated heterocycles. The van der Waals surface area contributed by atoms with Gasteiger partial charge in [0.15, 0.2) is 0 Å². The molecule has 0 spiro atoms. The monoisotopic (exact) mass is 268 g/mol. The molecule has 102 valence electrons. The van der Waals surface area contributed by atoms with Gasteiger partial charge in [-0.15, -0.1) is 0 Å². The third-order valence-corrected chi connectivity index (χ3v) is 3.13. The number of benzene rings is 2. The average Bonchev–Trinajstić information content (AvgIpc) is 2.47. The van der Waals surface area contributed by atoms with Crippen molar-refractivity contribution in [3.63, 3.8) is 0 Å². The van der Waals surface area contributed by atoms with Gasteiger partial charge in [-0.3, -0.25) is 9.59 Å². The normalized spacial score (nSPS) is 10.1. The number of aldehydes is 1. The fourth-order valence-electron chi connectivity index (χ4n) is 1.92. The second-order valence-electron chi connectivity index (χ2n) is 4.54. The second kappa shape index (κ2) is 6.12. The molecule has 0 fully saturated rings. The van der Waals surface area contributed by atoms with Crippen LogP contribution in [0.2, 0.25) is 0 Å². The summed E-state index contributed by atoms with van der Waals surface area (Å²) in [6, 6.07) is 12.1. The third kappa shape index (κ3) is 3.10. The molecular formula is C16H16N2O2. The van der Waals surface area contributed by atoms with Crippen LogP contribution in [0.25, 0.3) is 0 Å². The Morgan fingerprint density at radius 3 is 2.45 bits per heavy atom. The zero-order valence-corrected chi connectivity index (χ0v) is 11.2. The first kappa shape index (κ1) is 14.0. The molecule has 0 aliphatic rings. The van der Waals surface area contributed by atoms with Gasteiger partial charge in [0.2, 0.25) is 0 Å². The van der Waals surface area contributed by atoms with E-state index in [2.05, 4.69) is 5.32 Å². The van der Waals surface area contributed by atoms with Crippen LogP contribution < -0.4 is 11.1 Å². The summed E-state index contributed by atoms with van der Waals surface area (Å²) in [6.07, 6.45) is 0.747. The zero-order chi connectivity index (χ0) is 14.5. The maximum Gasteiger partial charge on any atom is 0.255 e. The third-order valence-electron chi connectivity index (χ3n) is 3.13. The number of nitrogens with one attached hydrogen (secondary N) is 1. The fourth-order valence-corrected chi connectivity index (χ4v) is 1.92. The molecule has 0 aliphatic carbocycles. The van der Waals surface area contributed by atoms with Crippen molar-refractivity contribution in [2.45, 2.75) is 13.5 Å². The molecule has 2 rings (SSSR count). The van der Waals surface area contributed by atoms with Crippen molar-refractivity contribution in [2.75, 3.05) is 5.32 Å². The average molecular weight is 268 g/mol. The maximum atomic E-state index is 12.1. The van der Waals surface area contributed by atoms with E-state index in [4.69, 9.17) is 5.73 Å². The molecule has 3 N–H and O–H groups in total. The van der Waals surface area contributed by atoms with Crippen LogP contribution in [0.15, 0.2) is 42.5 Å². The van der Waals surface area contributed by atoms with Crippen LogP contribution in [0, 0.1) is 6.92 Å². The first-order chi connectivity index (χ1) is 9.63. The molecule has 0 heterocycles. The number of amides is 1. The van der Waals surface area contributed by atoms with Crippen LogP contribution in [0.1, 0.15) is 31.8 Å². The molecule has 4 nitrogen and oxygen atoms in total. The van der Waals surface area contributed by atoms with Crippen molar-refractivity contribution < 1.29 is 9.59 Å². The van der Waals surface area contributed by atoms with Gasteiger partial charge < -0.3 is 11.1 Å². The minimum atomic E-state index is -0.206. The summed E-state index contributed by atoms with van der Waals surface area (Å²) >= 11 is 0. The van der Waals surface area contributed by atoms with Gasteiger partial charge >= 0.3 is 0 Å². The van der Waals surface area contributed by atoms with E-state index in [1.165, 1.54) is 0 Å². The molecule has 0 aromatic heterocycles. The van der Waals surface area contributed by atoms with E-state index in [0.717, 1.165) is 23.1 Å². The molecule has 4 heteroatoms. The van der Waals surface area contributed by atoms with Crippen molar-refractivity contribution >= 4 is 17.9 Å². The lowest BCUT2D eigenvalue weighted by Gasteiger charge is -2.09. The predicted octanol–water partition coefficient (Wildman–Crippen LogP) is 2.52. The van der Waals surface area contributed by atoms with E-state index in [1.807, 2.05) is 25.1 Å². The summed E-state index contributed by atoms with van der Waals surface area (Å²) in [5.41, 5.74) is 9.48. The topological polar surface area (TPSA) is 72.2 Å². The minimum Gasteiger partial charge on any atom is -0.326 e. The Labute approximate surface area is 117 Å². The van der Waals surface area contributed by atoms with Crippen LogP contribution in [0.4, 0.5) is 5.69 Å². The predicted molar refractivity (Wildman–Crippen MR) is 78.9 cm³/mol. The number of hydrogen-bond acceptors (Lipinski definition) is 3. The van der Waals surface area contributed by atoms with Crippen molar-refractivity contribution in [3.05, 3.63) is 64.7 Å². The number of anilines is 1. The molecule has 0 unspecified atom stereocenters. The van der Waals surface area contributed by atoms with Gasteiger partial charge in [0.1, 0.15) is 6.29 Å². The molecule has 1 amide bonds. The number of carbonyl (C=O) groups excluding carboxylic acids is 2. The van der Waals surface area contributed by atoms with Crippen molar-refractivity contribution in [1.29, 1.82) is 0 Å². The smallest absolute Gasteiger partial charge is 0.255 e. The van der Waals surface area contributed by atoms with Crippen LogP contribution in [-0.2, 0) is 6.54 Å². The van der Waals surface area contributed by atoms with Gasteiger partial charge in [0, 0.05) is 23.4 Å². The van der Waals surface area contributed by atoms with E-state index < -0.39 is 0 Å². The number of hydrogen-bond donors (Lipinski definition) is 2. The summed E-state index contributed by atoms with van der Waals surface area (Å²) in [5.74, 6) is -0.206. The van der Waals surface area contributed by atoms with Crippen molar-refractivity contribution in [3.8, 4) is 0 Å². The van der Waals surface area contributed by atoms with E-state index in [9.17, 15) is 9.59 Å². The van der Waals surface area contributed by atoms with Crippen LogP contribution in [-0.4, -0.2) is 12.2 Å². The van der Waals surface area contributed by atoms with Gasteiger partial charge in [-0.25, -0.2) is 0 Å². The largest absolute Gasteiger partial charge is 0.326 e. The standard InChI is InChI=1S/C16H16N2O2/c1-11-8-15(7-6-14(11)9-17)18-16(20)13-4-2-12(10-19)3-5-13/h2-8,10H,9,17H2,1H3,(H,18,20). The van der Waals surface area contributed by atoms with Crippen LogP contribution >= 0.6 is 0 Å². The highest BCUT2D eigenvalue weighted by molar-refractivity contribution is 6.04. The summed E-state index contributed by atoms with van der Waals surface area (Å²) < 4.78 is 0. The highest BCUT2D eigenvalue weighted by atomic mass is 16.1. The quantitative estimate of drug-likeness (QED) is 0.837. The number of carbonyl (C=O) groups is 2. The Kier molecular flexibility index (Phi) is 4.27. The number of rotatable bonds is 4. The Bertz CT molecular complexity index is 633. The summed E-state index contributed by atoms with van der Waals surface area (Å²) in [7, 11) is 0. The summed E-state index contributed by atoms with van der Waals surface area (Å²) in [5, 5.41) is 2.82.